The van der Waals surface area contributed by atoms with Crippen LogP contribution in [0.25, 0.3) is 5.76 Å². The zero-order valence-electron chi connectivity index (χ0n) is 20.0. The van der Waals surface area contributed by atoms with Gasteiger partial charge in [-0.2, -0.15) is 4.31 Å². The van der Waals surface area contributed by atoms with Gasteiger partial charge in [0.1, 0.15) is 5.76 Å². The number of aliphatic hydroxyl groups excluding tert-OH is 1. The molecule has 0 aliphatic carbocycles. The molecule has 36 heavy (non-hydrogen) atoms. The van der Waals surface area contributed by atoms with Crippen LogP contribution in [0.5, 0.6) is 0 Å². The van der Waals surface area contributed by atoms with E-state index in [0.29, 0.717) is 36.7 Å². The Morgan fingerprint density at radius 3 is 2.42 bits per heavy atom. The van der Waals surface area contributed by atoms with Gasteiger partial charge in [-0.15, -0.1) is 0 Å². The predicted octanol–water partition coefficient (Wildman–Crippen LogP) is 3.97. The molecule has 2 aliphatic rings. The lowest BCUT2D eigenvalue weighted by molar-refractivity contribution is -0.140. The van der Waals surface area contributed by atoms with Gasteiger partial charge in [0.2, 0.25) is 10.0 Å². The summed E-state index contributed by atoms with van der Waals surface area (Å²) in [5.41, 5.74) is 0.769. The number of rotatable bonds is 8. The summed E-state index contributed by atoms with van der Waals surface area (Å²) in [6.07, 6.45) is 3.16. The van der Waals surface area contributed by atoms with Crippen molar-refractivity contribution in [1.82, 2.24) is 9.21 Å². The molecule has 2 heterocycles. The number of nitrogens with zero attached hydrogens (tertiary/aromatic N) is 2. The first kappa shape index (κ1) is 26.3. The van der Waals surface area contributed by atoms with Crippen molar-refractivity contribution < 1.29 is 27.9 Å². The summed E-state index contributed by atoms with van der Waals surface area (Å²) in [5, 5.41) is 11.6. The fraction of sp³-hybridized carbons (Fsp3) is 0.385. The van der Waals surface area contributed by atoms with Crippen LogP contribution in [-0.2, 0) is 24.3 Å². The minimum absolute atomic E-state index is 0.0636. The van der Waals surface area contributed by atoms with E-state index in [0.717, 1.165) is 19.3 Å². The van der Waals surface area contributed by atoms with E-state index in [1.54, 1.807) is 31.4 Å². The molecule has 1 atom stereocenters. The number of ketones is 1. The maximum Gasteiger partial charge on any atom is 0.295 e. The maximum absolute atomic E-state index is 13.1. The molecular formula is C26H29ClN2O6S. The number of sulfonamides is 1. The van der Waals surface area contributed by atoms with E-state index in [9.17, 15) is 23.1 Å². The molecule has 0 radical (unpaired) electrons. The van der Waals surface area contributed by atoms with Crippen LogP contribution in [0, 0.1) is 0 Å². The van der Waals surface area contributed by atoms with Crippen LogP contribution in [0.3, 0.4) is 0 Å². The number of halogens is 1. The number of aliphatic hydroxyl groups is 1. The second-order valence-corrected chi connectivity index (χ2v) is 11.3. The van der Waals surface area contributed by atoms with E-state index >= 15 is 0 Å². The number of methoxy groups -OCH3 is 1. The first-order valence-corrected chi connectivity index (χ1v) is 13.7. The standard InChI is InChI=1S/C26H29ClN2O6S/c1-35-16-6-15-29-23(19-7-5-8-20(27)17-19)22(25(31)26(29)32)24(30)18-9-11-21(12-10-18)36(33,34)28-13-3-2-4-14-28/h5,7-12,17,23,30H,2-4,6,13-16H2,1H3/t23-/m1/s1. The highest BCUT2D eigenvalue weighted by Crippen LogP contribution is 2.40. The van der Waals surface area contributed by atoms with Crippen LogP contribution in [0.1, 0.15) is 42.9 Å². The second-order valence-electron chi connectivity index (χ2n) is 8.88. The fourth-order valence-corrected chi connectivity index (χ4v) is 6.42. The van der Waals surface area contributed by atoms with Crippen LogP contribution in [-0.4, -0.2) is 67.8 Å². The molecule has 192 valence electrons. The van der Waals surface area contributed by atoms with Crippen LogP contribution < -0.4 is 0 Å². The summed E-state index contributed by atoms with van der Waals surface area (Å²) in [6, 6.07) is 11.7. The molecule has 0 saturated carbocycles. The van der Waals surface area contributed by atoms with E-state index in [1.807, 2.05) is 0 Å². The van der Waals surface area contributed by atoms with Gasteiger partial charge in [-0.25, -0.2) is 8.42 Å². The van der Waals surface area contributed by atoms with Gasteiger partial charge in [-0.3, -0.25) is 9.59 Å². The summed E-state index contributed by atoms with van der Waals surface area (Å²) in [7, 11) is -2.09. The van der Waals surface area contributed by atoms with E-state index in [2.05, 4.69) is 0 Å². The molecule has 1 amide bonds. The molecule has 0 unspecified atom stereocenters. The number of piperidine rings is 1. The summed E-state index contributed by atoms with van der Waals surface area (Å²) < 4.78 is 32.5. The van der Waals surface area contributed by atoms with Crippen molar-refractivity contribution >= 4 is 39.1 Å². The van der Waals surface area contributed by atoms with E-state index in [-0.39, 0.29) is 28.3 Å². The average Bonchev–Trinajstić information content (AvgIpc) is 3.14. The zero-order chi connectivity index (χ0) is 25.9. The average molecular weight is 533 g/mol. The topological polar surface area (TPSA) is 104 Å². The molecule has 1 N–H and O–H groups in total. The van der Waals surface area contributed by atoms with Crippen molar-refractivity contribution in [3.63, 3.8) is 0 Å². The molecular weight excluding hydrogens is 504 g/mol. The molecule has 8 nitrogen and oxygen atoms in total. The molecule has 4 rings (SSSR count). The third kappa shape index (κ3) is 5.20. The largest absolute Gasteiger partial charge is 0.507 e. The fourth-order valence-electron chi connectivity index (χ4n) is 4.71. The second kappa shape index (κ2) is 11.1. The normalized spacial score (nSPS) is 20.7. The van der Waals surface area contributed by atoms with E-state index < -0.39 is 27.8 Å². The summed E-state index contributed by atoms with van der Waals surface area (Å²) in [5.74, 6) is -1.89. The monoisotopic (exact) mass is 532 g/mol. The highest BCUT2D eigenvalue weighted by atomic mass is 35.5. The molecule has 2 fully saturated rings. The number of benzene rings is 2. The van der Waals surface area contributed by atoms with Gasteiger partial charge in [0.15, 0.2) is 0 Å². The zero-order valence-corrected chi connectivity index (χ0v) is 21.6. The van der Waals surface area contributed by atoms with Crippen molar-refractivity contribution in [3.05, 3.63) is 70.3 Å². The number of carbonyl (C=O) groups excluding carboxylic acids is 2. The molecule has 10 heteroatoms. The highest BCUT2D eigenvalue weighted by molar-refractivity contribution is 7.89. The predicted molar refractivity (Wildman–Crippen MR) is 136 cm³/mol. The smallest absolute Gasteiger partial charge is 0.295 e. The van der Waals surface area contributed by atoms with Crippen molar-refractivity contribution in [2.75, 3.05) is 33.4 Å². The molecule has 2 aliphatic heterocycles. The molecule has 0 bridgehead atoms. The Morgan fingerprint density at radius 1 is 1.08 bits per heavy atom. The molecule has 2 aromatic rings. The minimum Gasteiger partial charge on any atom is -0.507 e. The maximum atomic E-state index is 13.1. The number of likely N-dealkylation sites (tertiary alicyclic amines) is 1. The first-order valence-electron chi connectivity index (χ1n) is 11.9. The lowest BCUT2D eigenvalue weighted by Gasteiger charge is -2.26. The molecule has 0 spiro atoms. The number of hydrogen-bond donors (Lipinski definition) is 1. The van der Waals surface area contributed by atoms with Crippen LogP contribution in [0.15, 0.2) is 59.0 Å². The number of Topliss-reactive ketones (excluding diaryl/α,β-unsaturated/α-hetero) is 1. The SMILES string of the molecule is COCCCN1C(=O)C(=O)C(=C(O)c2ccc(S(=O)(=O)N3CCCCC3)cc2)[C@H]1c1cccc(Cl)c1. The van der Waals surface area contributed by atoms with Crippen molar-refractivity contribution in [1.29, 1.82) is 0 Å². The number of amides is 1. The minimum atomic E-state index is -3.64. The Balaban J connectivity index is 1.72. The van der Waals surface area contributed by atoms with Crippen LogP contribution >= 0.6 is 11.6 Å². The number of carbonyl (C=O) groups is 2. The Morgan fingerprint density at radius 2 is 1.78 bits per heavy atom. The van der Waals surface area contributed by atoms with Gasteiger partial charge in [0, 0.05) is 43.9 Å². The van der Waals surface area contributed by atoms with Crippen molar-refractivity contribution in [2.45, 2.75) is 36.6 Å². The molecule has 2 saturated heterocycles. The highest BCUT2D eigenvalue weighted by Gasteiger charge is 2.45. The summed E-state index contributed by atoms with van der Waals surface area (Å²) in [4.78, 5) is 27.6. The van der Waals surface area contributed by atoms with E-state index in [4.69, 9.17) is 16.3 Å². The quantitative estimate of drug-likeness (QED) is 0.239. The molecule has 0 aromatic heterocycles. The number of ether oxygens (including phenoxy) is 1. The first-order chi connectivity index (χ1) is 17.3. The van der Waals surface area contributed by atoms with Gasteiger partial charge >= 0.3 is 0 Å². The number of hydrogen-bond acceptors (Lipinski definition) is 6. The van der Waals surface area contributed by atoms with Gasteiger partial charge < -0.3 is 14.7 Å². The van der Waals surface area contributed by atoms with Gasteiger partial charge in [0.25, 0.3) is 11.7 Å². The van der Waals surface area contributed by atoms with Gasteiger partial charge in [-0.05, 0) is 61.2 Å². The third-order valence-corrected chi connectivity index (χ3v) is 8.68. The lowest BCUT2D eigenvalue weighted by Crippen LogP contribution is -2.35. The van der Waals surface area contributed by atoms with Crippen molar-refractivity contribution in [3.8, 4) is 0 Å². The molecule has 2 aromatic carbocycles. The summed E-state index contributed by atoms with van der Waals surface area (Å²) in [6.45, 7) is 1.62. The Hall–Kier alpha value is -2.72. The van der Waals surface area contributed by atoms with E-state index in [1.165, 1.54) is 33.5 Å². The van der Waals surface area contributed by atoms with Gasteiger partial charge in [-0.1, -0.05) is 30.2 Å². The third-order valence-electron chi connectivity index (χ3n) is 6.53. The van der Waals surface area contributed by atoms with Crippen molar-refractivity contribution in [2.24, 2.45) is 0 Å². The Labute approximate surface area is 216 Å². The van der Waals surface area contributed by atoms with Gasteiger partial charge in [0.05, 0.1) is 16.5 Å². The lowest BCUT2D eigenvalue weighted by atomic mass is 9.95. The Bertz CT molecular complexity index is 1270. The van der Waals surface area contributed by atoms with Crippen LogP contribution in [0.4, 0.5) is 0 Å². The van der Waals surface area contributed by atoms with Crippen LogP contribution in [0.2, 0.25) is 5.02 Å². The summed E-state index contributed by atoms with van der Waals surface area (Å²) >= 11 is 6.19. The Kier molecular flexibility index (Phi) is 8.14.